The Bertz CT molecular complexity index is 1090. The number of benzene rings is 1. The van der Waals surface area contributed by atoms with E-state index in [-0.39, 0.29) is 24.8 Å². The number of hydrogen-bond donors (Lipinski definition) is 3. The molecule has 4 amide bonds. The van der Waals surface area contributed by atoms with Gasteiger partial charge in [0.2, 0.25) is 11.8 Å². The van der Waals surface area contributed by atoms with Crippen molar-refractivity contribution in [2.75, 3.05) is 6.54 Å². The Kier molecular flexibility index (Phi) is 4.87. The number of piperidine rings is 1. The second-order valence-corrected chi connectivity index (χ2v) is 7.99. The number of aromatic nitrogens is 2. The van der Waals surface area contributed by atoms with E-state index in [1.54, 1.807) is 18.3 Å². The number of imidazole rings is 1. The fourth-order valence-corrected chi connectivity index (χ4v) is 4.46. The zero-order valence-corrected chi connectivity index (χ0v) is 16.8. The van der Waals surface area contributed by atoms with Crippen LogP contribution in [-0.4, -0.2) is 56.7 Å². The summed E-state index contributed by atoms with van der Waals surface area (Å²) in [5.41, 5.74) is 1.33. The molecule has 1 fully saturated rings. The smallest absolute Gasteiger partial charge is 0.262 e. The molecule has 0 spiro atoms. The van der Waals surface area contributed by atoms with Crippen molar-refractivity contribution in [3.63, 3.8) is 0 Å². The van der Waals surface area contributed by atoms with Gasteiger partial charge in [0.15, 0.2) is 0 Å². The Morgan fingerprint density at radius 3 is 2.87 bits per heavy atom. The van der Waals surface area contributed by atoms with E-state index in [1.807, 2.05) is 12.3 Å². The normalized spacial score (nSPS) is 23.4. The van der Waals surface area contributed by atoms with Crippen molar-refractivity contribution in [3.8, 4) is 0 Å². The quantitative estimate of drug-likeness (QED) is 0.570. The van der Waals surface area contributed by atoms with Crippen LogP contribution in [0.1, 0.15) is 44.9 Å². The molecule has 0 radical (unpaired) electrons. The van der Waals surface area contributed by atoms with E-state index < -0.39 is 23.8 Å². The number of fused-ring (bicyclic) bond motifs is 2. The number of hydrogen-bond acceptors (Lipinski definition) is 7. The van der Waals surface area contributed by atoms with Crippen LogP contribution in [-0.2, 0) is 29.2 Å². The first-order valence-corrected chi connectivity index (χ1v) is 10.3. The molecule has 0 aliphatic carbocycles. The van der Waals surface area contributed by atoms with E-state index in [9.17, 15) is 19.2 Å². The van der Waals surface area contributed by atoms with Gasteiger partial charge in [0.25, 0.3) is 11.8 Å². The number of nitrogens with zero attached hydrogens (tertiary/aromatic N) is 3. The molecule has 2 atom stereocenters. The Labute approximate surface area is 178 Å². The molecule has 5 rings (SSSR count). The third-order valence-corrected chi connectivity index (χ3v) is 6.03. The molecule has 3 N–H and O–H groups in total. The van der Waals surface area contributed by atoms with Crippen LogP contribution in [0.15, 0.2) is 30.6 Å². The minimum Gasteiger partial charge on any atom is -0.332 e. The molecule has 160 valence electrons. The van der Waals surface area contributed by atoms with E-state index in [4.69, 9.17) is 0 Å². The van der Waals surface area contributed by atoms with Crippen molar-refractivity contribution in [2.45, 2.75) is 44.6 Å². The highest BCUT2D eigenvalue weighted by Gasteiger charge is 2.45. The van der Waals surface area contributed by atoms with Crippen molar-refractivity contribution < 1.29 is 19.2 Å². The maximum Gasteiger partial charge on any atom is 0.262 e. The minimum absolute atomic E-state index is 0.100. The van der Waals surface area contributed by atoms with E-state index in [0.29, 0.717) is 29.8 Å². The number of amides is 4. The summed E-state index contributed by atoms with van der Waals surface area (Å²) >= 11 is 0. The average molecular weight is 422 g/mol. The van der Waals surface area contributed by atoms with Crippen LogP contribution in [0.4, 0.5) is 0 Å². The van der Waals surface area contributed by atoms with Crippen LogP contribution >= 0.6 is 0 Å². The summed E-state index contributed by atoms with van der Waals surface area (Å²) in [6.45, 7) is 2.59. The number of carbonyl (C=O) groups excluding carboxylic acids is 4. The van der Waals surface area contributed by atoms with Crippen molar-refractivity contribution in [1.82, 2.24) is 30.4 Å². The highest BCUT2D eigenvalue weighted by atomic mass is 16.2. The van der Waals surface area contributed by atoms with Crippen LogP contribution in [0.2, 0.25) is 0 Å². The number of carbonyl (C=O) groups is 4. The van der Waals surface area contributed by atoms with Crippen molar-refractivity contribution in [3.05, 3.63) is 53.1 Å². The first-order chi connectivity index (χ1) is 15.0. The fourth-order valence-electron chi connectivity index (χ4n) is 4.46. The minimum atomic E-state index is -0.961. The highest BCUT2D eigenvalue weighted by Crippen LogP contribution is 2.30. The van der Waals surface area contributed by atoms with Crippen LogP contribution in [0.25, 0.3) is 0 Å². The van der Waals surface area contributed by atoms with Gasteiger partial charge in [-0.2, -0.15) is 0 Å². The van der Waals surface area contributed by atoms with Gasteiger partial charge in [-0.05, 0) is 18.1 Å². The molecular formula is C21H22N6O4. The van der Waals surface area contributed by atoms with Gasteiger partial charge in [-0.3, -0.25) is 29.4 Å². The molecule has 1 saturated heterocycles. The van der Waals surface area contributed by atoms with Crippen LogP contribution in [0, 0.1) is 0 Å². The van der Waals surface area contributed by atoms with Crippen molar-refractivity contribution in [1.29, 1.82) is 0 Å². The SMILES string of the molecule is O=C1CCC(N2C(=O)c3cccc(CNC4CNCc5nccn5C4)c3C2=O)C(=O)N1. The predicted octanol–water partition coefficient (Wildman–Crippen LogP) is -0.454. The average Bonchev–Trinajstić information content (AvgIpc) is 3.22. The molecule has 10 heteroatoms. The first-order valence-electron chi connectivity index (χ1n) is 10.3. The third-order valence-electron chi connectivity index (χ3n) is 6.03. The Morgan fingerprint density at radius 2 is 2.03 bits per heavy atom. The summed E-state index contributed by atoms with van der Waals surface area (Å²) in [5, 5.41) is 9.04. The molecule has 1 aromatic heterocycles. The van der Waals surface area contributed by atoms with Gasteiger partial charge in [0, 0.05) is 44.5 Å². The second kappa shape index (κ2) is 7.71. The Hall–Kier alpha value is -3.37. The summed E-state index contributed by atoms with van der Waals surface area (Å²) in [6, 6.07) is 4.32. The zero-order chi connectivity index (χ0) is 21.5. The molecule has 3 aliphatic heterocycles. The maximum atomic E-state index is 13.2. The largest absolute Gasteiger partial charge is 0.332 e. The first kappa shape index (κ1) is 19.6. The van der Waals surface area contributed by atoms with Crippen LogP contribution in [0.3, 0.4) is 0 Å². The van der Waals surface area contributed by atoms with Gasteiger partial charge in [0.1, 0.15) is 11.9 Å². The van der Waals surface area contributed by atoms with Gasteiger partial charge in [0.05, 0.1) is 17.7 Å². The molecule has 2 aromatic rings. The summed E-state index contributed by atoms with van der Waals surface area (Å²) in [6.07, 6.45) is 3.96. The van der Waals surface area contributed by atoms with Gasteiger partial charge in [-0.1, -0.05) is 12.1 Å². The maximum absolute atomic E-state index is 13.2. The number of imide groups is 2. The summed E-state index contributed by atoms with van der Waals surface area (Å²) < 4.78 is 2.09. The second-order valence-electron chi connectivity index (χ2n) is 7.99. The number of rotatable bonds is 4. The fraction of sp³-hybridized carbons (Fsp3) is 0.381. The lowest BCUT2D eigenvalue weighted by molar-refractivity contribution is -0.136. The standard InChI is InChI=1S/C21H22N6O4/c28-17-5-4-15(19(29)25-17)27-20(30)14-3-1-2-12(18(14)21(27)31)8-24-13-9-22-10-16-23-6-7-26(16)11-13/h1-3,6-7,13,15,22,24H,4-5,8-11H2,(H,25,28,29). The third kappa shape index (κ3) is 3.43. The lowest BCUT2D eigenvalue weighted by Crippen LogP contribution is -2.54. The van der Waals surface area contributed by atoms with Crippen LogP contribution in [0.5, 0.6) is 0 Å². The monoisotopic (exact) mass is 422 g/mol. The van der Waals surface area contributed by atoms with E-state index in [0.717, 1.165) is 23.8 Å². The van der Waals surface area contributed by atoms with Crippen LogP contribution < -0.4 is 16.0 Å². The molecule has 31 heavy (non-hydrogen) atoms. The lowest BCUT2D eigenvalue weighted by atomic mass is 10.0. The summed E-state index contributed by atoms with van der Waals surface area (Å²) in [7, 11) is 0. The summed E-state index contributed by atoms with van der Waals surface area (Å²) in [5.74, 6) is -0.990. The zero-order valence-electron chi connectivity index (χ0n) is 16.8. The van der Waals surface area contributed by atoms with Gasteiger partial charge in [-0.15, -0.1) is 0 Å². The molecule has 0 saturated carbocycles. The molecule has 1 aromatic carbocycles. The van der Waals surface area contributed by atoms with Gasteiger partial charge < -0.3 is 15.2 Å². The van der Waals surface area contributed by atoms with E-state index >= 15 is 0 Å². The van der Waals surface area contributed by atoms with Crippen molar-refractivity contribution in [2.24, 2.45) is 0 Å². The van der Waals surface area contributed by atoms with E-state index in [1.165, 1.54) is 0 Å². The predicted molar refractivity (Wildman–Crippen MR) is 108 cm³/mol. The van der Waals surface area contributed by atoms with Crippen molar-refractivity contribution >= 4 is 23.6 Å². The van der Waals surface area contributed by atoms with Gasteiger partial charge in [-0.25, -0.2) is 4.98 Å². The molecule has 4 heterocycles. The molecule has 10 nitrogen and oxygen atoms in total. The lowest BCUT2D eigenvalue weighted by Gasteiger charge is -2.27. The number of nitrogens with one attached hydrogen (secondary N) is 3. The van der Waals surface area contributed by atoms with Gasteiger partial charge >= 0.3 is 0 Å². The molecule has 3 aliphatic rings. The topological polar surface area (TPSA) is 125 Å². The molecule has 0 bridgehead atoms. The summed E-state index contributed by atoms with van der Waals surface area (Å²) in [4.78, 5) is 55.2. The molecule has 2 unspecified atom stereocenters. The Morgan fingerprint density at radius 1 is 1.16 bits per heavy atom. The van der Waals surface area contributed by atoms with E-state index in [2.05, 4.69) is 25.5 Å². The Balaban J connectivity index is 1.35. The highest BCUT2D eigenvalue weighted by molar-refractivity contribution is 6.24. The molecular weight excluding hydrogens is 400 g/mol.